The second kappa shape index (κ2) is 9.25. The van der Waals surface area contributed by atoms with Crippen molar-refractivity contribution in [2.75, 3.05) is 31.6 Å². The maximum atomic E-state index is 13.4. The molecule has 3 aromatic rings. The number of carbonyl (C=O) groups is 2. The Kier molecular flexibility index (Phi) is 6.01. The number of rotatable bonds is 4. The number of nitrogens with one attached hydrogen (secondary N) is 1. The summed E-state index contributed by atoms with van der Waals surface area (Å²) in [5.41, 5.74) is 4.31. The molecule has 7 heteroatoms. The quantitative estimate of drug-likeness (QED) is 0.629. The minimum Gasteiger partial charge on any atom is -0.486 e. The van der Waals surface area contributed by atoms with E-state index in [1.165, 1.54) is 0 Å². The minimum atomic E-state index is -0.0885. The van der Waals surface area contributed by atoms with Crippen molar-refractivity contribution in [3.05, 3.63) is 71.5 Å². The fourth-order valence-electron chi connectivity index (χ4n) is 4.83. The van der Waals surface area contributed by atoms with Crippen LogP contribution in [0.25, 0.3) is 5.69 Å². The van der Waals surface area contributed by atoms with Gasteiger partial charge in [-0.3, -0.25) is 9.59 Å². The van der Waals surface area contributed by atoms with Crippen LogP contribution in [0.1, 0.15) is 34.6 Å². The summed E-state index contributed by atoms with van der Waals surface area (Å²) in [5.74, 6) is 1.41. The van der Waals surface area contributed by atoms with Gasteiger partial charge in [0, 0.05) is 47.8 Å². The molecular weight excluding hydrogens is 430 g/mol. The number of para-hydroxylation sites is 1. The molecule has 0 unspecified atom stereocenters. The molecule has 1 aromatic heterocycles. The fourth-order valence-corrected chi connectivity index (χ4v) is 4.83. The number of fused-ring (bicyclic) bond motifs is 1. The van der Waals surface area contributed by atoms with Crippen LogP contribution in [-0.4, -0.2) is 47.6 Å². The van der Waals surface area contributed by atoms with E-state index in [0.717, 1.165) is 34.3 Å². The van der Waals surface area contributed by atoms with Crippen molar-refractivity contribution in [1.29, 1.82) is 0 Å². The van der Waals surface area contributed by atoms with Crippen LogP contribution in [0.3, 0.4) is 0 Å². The Bertz CT molecular complexity index is 1210. The number of carbonyl (C=O) groups excluding carboxylic acids is 2. The molecule has 1 fully saturated rings. The number of amides is 2. The van der Waals surface area contributed by atoms with Gasteiger partial charge in [-0.2, -0.15) is 0 Å². The van der Waals surface area contributed by atoms with Gasteiger partial charge in [-0.25, -0.2) is 0 Å². The first-order chi connectivity index (χ1) is 16.5. The monoisotopic (exact) mass is 459 g/mol. The second-order valence-electron chi connectivity index (χ2n) is 8.87. The summed E-state index contributed by atoms with van der Waals surface area (Å²) < 4.78 is 13.4. The molecule has 0 aliphatic carbocycles. The predicted octanol–water partition coefficient (Wildman–Crippen LogP) is 4.36. The van der Waals surface area contributed by atoms with E-state index < -0.39 is 0 Å². The van der Waals surface area contributed by atoms with E-state index in [1.54, 1.807) is 0 Å². The lowest BCUT2D eigenvalue weighted by molar-refractivity contribution is -0.121. The van der Waals surface area contributed by atoms with Crippen molar-refractivity contribution in [2.45, 2.75) is 26.7 Å². The molecule has 0 spiro atoms. The highest BCUT2D eigenvalue weighted by atomic mass is 16.6. The number of benzene rings is 2. The topological polar surface area (TPSA) is 72.8 Å². The van der Waals surface area contributed by atoms with E-state index in [4.69, 9.17) is 9.47 Å². The van der Waals surface area contributed by atoms with E-state index in [0.29, 0.717) is 44.7 Å². The Hall–Kier alpha value is -3.74. The minimum absolute atomic E-state index is 0.0128. The lowest BCUT2D eigenvalue weighted by Crippen LogP contribution is -2.41. The predicted molar refractivity (Wildman–Crippen MR) is 130 cm³/mol. The van der Waals surface area contributed by atoms with Crippen molar-refractivity contribution in [2.24, 2.45) is 5.92 Å². The maximum Gasteiger partial charge on any atom is 0.255 e. The number of anilines is 1. The highest BCUT2D eigenvalue weighted by Gasteiger charge is 2.29. The molecule has 0 saturated carbocycles. The summed E-state index contributed by atoms with van der Waals surface area (Å²) in [7, 11) is 0. The molecule has 1 N–H and O–H groups in total. The second-order valence-corrected chi connectivity index (χ2v) is 8.87. The van der Waals surface area contributed by atoms with Gasteiger partial charge >= 0.3 is 0 Å². The van der Waals surface area contributed by atoms with Crippen molar-refractivity contribution < 1.29 is 19.1 Å². The summed E-state index contributed by atoms with van der Waals surface area (Å²) in [6.07, 6.45) is 1.32. The summed E-state index contributed by atoms with van der Waals surface area (Å²) in [6, 6.07) is 17.3. The van der Waals surface area contributed by atoms with Crippen LogP contribution < -0.4 is 14.8 Å². The Balaban J connectivity index is 1.27. The number of likely N-dealkylation sites (tertiary alicyclic amines) is 1. The number of ether oxygens (including phenoxy) is 2. The van der Waals surface area contributed by atoms with Crippen LogP contribution in [-0.2, 0) is 4.79 Å². The number of aryl methyl sites for hydroxylation is 1. The van der Waals surface area contributed by atoms with Crippen molar-refractivity contribution in [3.63, 3.8) is 0 Å². The Morgan fingerprint density at radius 1 is 0.912 bits per heavy atom. The SMILES string of the molecule is Cc1cc(C(=O)N2CCC(C(=O)Nc3ccccc3)CC2)c(C)n1-c1ccc2c(c1)OCCO2. The molecule has 0 bridgehead atoms. The third-order valence-electron chi connectivity index (χ3n) is 6.64. The number of aromatic nitrogens is 1. The van der Waals surface area contributed by atoms with Gasteiger partial charge in [0.05, 0.1) is 5.56 Å². The molecular formula is C27H29N3O4. The largest absolute Gasteiger partial charge is 0.486 e. The number of piperidine rings is 1. The van der Waals surface area contributed by atoms with Gasteiger partial charge in [-0.1, -0.05) is 18.2 Å². The molecule has 2 aliphatic heterocycles. The van der Waals surface area contributed by atoms with Crippen LogP contribution in [0.5, 0.6) is 11.5 Å². The van der Waals surface area contributed by atoms with Crippen LogP contribution in [0, 0.1) is 19.8 Å². The third-order valence-corrected chi connectivity index (χ3v) is 6.64. The first kappa shape index (κ1) is 22.1. The number of nitrogens with zero attached hydrogens (tertiary/aromatic N) is 2. The highest BCUT2D eigenvalue weighted by Crippen LogP contribution is 2.34. The van der Waals surface area contributed by atoms with Gasteiger partial charge in [0.2, 0.25) is 5.91 Å². The van der Waals surface area contributed by atoms with E-state index in [1.807, 2.05) is 73.3 Å². The van der Waals surface area contributed by atoms with Gasteiger partial charge in [-0.15, -0.1) is 0 Å². The summed E-state index contributed by atoms with van der Waals surface area (Å²) in [6.45, 7) is 6.19. The fraction of sp³-hybridized carbons (Fsp3) is 0.333. The van der Waals surface area contributed by atoms with E-state index in [2.05, 4.69) is 9.88 Å². The van der Waals surface area contributed by atoms with Gasteiger partial charge in [0.15, 0.2) is 11.5 Å². The van der Waals surface area contributed by atoms with Crippen LogP contribution in [0.2, 0.25) is 0 Å². The standard InChI is InChI=1S/C27H29N3O4/c1-18-16-23(19(2)30(18)22-8-9-24-25(17-22)34-15-14-33-24)27(32)29-12-10-20(11-13-29)26(31)28-21-6-4-3-5-7-21/h3-9,16-17,20H,10-15H2,1-2H3,(H,28,31). The number of hydrogen-bond donors (Lipinski definition) is 1. The molecule has 176 valence electrons. The van der Waals surface area contributed by atoms with Gasteiger partial charge < -0.3 is 24.3 Å². The summed E-state index contributed by atoms with van der Waals surface area (Å²) in [4.78, 5) is 27.9. The van der Waals surface area contributed by atoms with Gasteiger partial charge in [0.1, 0.15) is 13.2 Å². The van der Waals surface area contributed by atoms with Crippen molar-refractivity contribution in [3.8, 4) is 17.2 Å². The zero-order chi connectivity index (χ0) is 23.7. The van der Waals surface area contributed by atoms with E-state index in [-0.39, 0.29) is 17.7 Å². The summed E-state index contributed by atoms with van der Waals surface area (Å²) in [5, 5.41) is 2.98. The third kappa shape index (κ3) is 4.25. The average Bonchev–Trinajstić information content (AvgIpc) is 3.17. The smallest absolute Gasteiger partial charge is 0.255 e. The molecule has 5 rings (SSSR count). The van der Waals surface area contributed by atoms with Gasteiger partial charge in [0.25, 0.3) is 5.91 Å². The number of hydrogen-bond acceptors (Lipinski definition) is 4. The van der Waals surface area contributed by atoms with Gasteiger partial charge in [-0.05, 0) is 57.0 Å². The Morgan fingerprint density at radius 2 is 1.62 bits per heavy atom. The molecule has 0 radical (unpaired) electrons. The molecule has 0 atom stereocenters. The van der Waals surface area contributed by atoms with Crippen molar-refractivity contribution in [1.82, 2.24) is 9.47 Å². The lowest BCUT2D eigenvalue weighted by Gasteiger charge is -2.31. The Morgan fingerprint density at radius 3 is 2.35 bits per heavy atom. The van der Waals surface area contributed by atoms with Crippen LogP contribution in [0.4, 0.5) is 5.69 Å². The first-order valence-electron chi connectivity index (χ1n) is 11.8. The van der Waals surface area contributed by atoms with Crippen LogP contribution in [0.15, 0.2) is 54.6 Å². The normalized spacial score (nSPS) is 15.8. The van der Waals surface area contributed by atoms with E-state index in [9.17, 15) is 9.59 Å². The molecule has 34 heavy (non-hydrogen) atoms. The average molecular weight is 460 g/mol. The molecule has 2 amide bonds. The lowest BCUT2D eigenvalue weighted by atomic mass is 9.95. The Labute approximate surface area is 199 Å². The summed E-state index contributed by atoms with van der Waals surface area (Å²) >= 11 is 0. The molecule has 2 aromatic carbocycles. The first-order valence-corrected chi connectivity index (χ1v) is 11.8. The molecule has 7 nitrogen and oxygen atoms in total. The van der Waals surface area contributed by atoms with Crippen LogP contribution >= 0.6 is 0 Å². The molecule has 3 heterocycles. The maximum absolute atomic E-state index is 13.4. The highest BCUT2D eigenvalue weighted by molar-refractivity contribution is 5.96. The zero-order valence-electron chi connectivity index (χ0n) is 19.5. The molecule has 1 saturated heterocycles. The van der Waals surface area contributed by atoms with Crippen molar-refractivity contribution >= 4 is 17.5 Å². The zero-order valence-corrected chi connectivity index (χ0v) is 19.5. The van der Waals surface area contributed by atoms with E-state index >= 15 is 0 Å². The molecule has 2 aliphatic rings.